The monoisotopic (exact) mass is 439 g/mol. The van der Waals surface area contributed by atoms with Crippen LogP contribution in [0.1, 0.15) is 39.0 Å². The van der Waals surface area contributed by atoms with Gasteiger partial charge in [0.05, 0.1) is 11.1 Å². The standard InChI is InChI=1S/C21H30ClN3O3S/c1-17(21(26)23-12-11-18-7-3-2-4-8-18)24-13-15-25(16-14-24)29(27,28)20-10-6-5-9-19(20)22/h5-7,9-10,17H,2-4,8,11-16H2,1H3,(H,23,26). The third-order valence-electron chi connectivity index (χ3n) is 5.79. The van der Waals surface area contributed by atoms with E-state index in [1.807, 2.05) is 11.8 Å². The number of hydrogen-bond acceptors (Lipinski definition) is 4. The van der Waals surface area contributed by atoms with E-state index in [0.29, 0.717) is 32.7 Å². The first-order valence-corrected chi connectivity index (χ1v) is 12.2. The Morgan fingerprint density at radius 3 is 2.55 bits per heavy atom. The number of amides is 1. The summed E-state index contributed by atoms with van der Waals surface area (Å²) in [6.07, 6.45) is 8.04. The Morgan fingerprint density at radius 1 is 1.17 bits per heavy atom. The second kappa shape index (κ2) is 10.1. The van der Waals surface area contributed by atoms with Gasteiger partial charge in [0.15, 0.2) is 0 Å². The van der Waals surface area contributed by atoms with E-state index in [0.717, 1.165) is 19.3 Å². The predicted octanol–water partition coefficient (Wildman–Crippen LogP) is 3.04. The molecule has 1 aliphatic carbocycles. The van der Waals surface area contributed by atoms with Gasteiger partial charge in [-0.3, -0.25) is 9.69 Å². The molecule has 0 bridgehead atoms. The molecule has 1 amide bonds. The highest BCUT2D eigenvalue weighted by atomic mass is 35.5. The molecule has 0 radical (unpaired) electrons. The lowest BCUT2D eigenvalue weighted by Gasteiger charge is -2.36. The zero-order valence-corrected chi connectivity index (χ0v) is 18.5. The van der Waals surface area contributed by atoms with Crippen molar-refractivity contribution in [2.75, 3.05) is 32.7 Å². The molecule has 6 nitrogen and oxygen atoms in total. The number of benzene rings is 1. The highest BCUT2D eigenvalue weighted by Crippen LogP contribution is 2.25. The summed E-state index contributed by atoms with van der Waals surface area (Å²) in [5, 5.41) is 3.26. The smallest absolute Gasteiger partial charge is 0.244 e. The third-order valence-corrected chi connectivity index (χ3v) is 8.18. The van der Waals surface area contributed by atoms with Gasteiger partial charge in [0.1, 0.15) is 4.90 Å². The topological polar surface area (TPSA) is 69.7 Å². The van der Waals surface area contributed by atoms with Gasteiger partial charge in [0, 0.05) is 32.7 Å². The van der Waals surface area contributed by atoms with Crippen LogP contribution in [0.4, 0.5) is 0 Å². The van der Waals surface area contributed by atoms with Crippen LogP contribution >= 0.6 is 11.6 Å². The summed E-state index contributed by atoms with van der Waals surface area (Å²) in [4.78, 5) is 14.7. The molecule has 1 N–H and O–H groups in total. The maximum absolute atomic E-state index is 12.8. The van der Waals surface area contributed by atoms with Crippen molar-refractivity contribution in [3.8, 4) is 0 Å². The molecule has 1 aliphatic heterocycles. The Balaban J connectivity index is 1.48. The summed E-state index contributed by atoms with van der Waals surface area (Å²) in [5.41, 5.74) is 1.45. The van der Waals surface area contributed by atoms with Crippen LogP contribution in [0, 0.1) is 0 Å². The number of carbonyl (C=O) groups excluding carboxylic acids is 1. The van der Waals surface area contributed by atoms with Gasteiger partial charge < -0.3 is 5.32 Å². The van der Waals surface area contributed by atoms with Crippen LogP contribution in [-0.2, 0) is 14.8 Å². The van der Waals surface area contributed by atoms with Crippen LogP contribution in [0.25, 0.3) is 0 Å². The van der Waals surface area contributed by atoms with Crippen LogP contribution in [0.15, 0.2) is 40.8 Å². The molecule has 1 aromatic carbocycles. The van der Waals surface area contributed by atoms with Crippen LogP contribution < -0.4 is 5.32 Å². The Bertz CT molecular complexity index is 848. The Morgan fingerprint density at radius 2 is 1.90 bits per heavy atom. The zero-order valence-electron chi connectivity index (χ0n) is 16.9. The second-order valence-corrected chi connectivity index (χ2v) is 10.0. The van der Waals surface area contributed by atoms with Gasteiger partial charge in [-0.15, -0.1) is 0 Å². The molecular formula is C21H30ClN3O3S. The van der Waals surface area contributed by atoms with E-state index in [4.69, 9.17) is 11.6 Å². The second-order valence-electron chi connectivity index (χ2n) is 7.70. The summed E-state index contributed by atoms with van der Waals surface area (Å²) in [6, 6.07) is 6.22. The summed E-state index contributed by atoms with van der Waals surface area (Å²) >= 11 is 6.08. The molecule has 1 atom stereocenters. The SMILES string of the molecule is CC(C(=O)NCCC1=CCCCC1)N1CCN(S(=O)(=O)c2ccccc2Cl)CC1. The molecule has 160 valence electrons. The number of rotatable bonds is 7. The van der Waals surface area contributed by atoms with Crippen molar-refractivity contribution in [1.29, 1.82) is 0 Å². The lowest BCUT2D eigenvalue weighted by atomic mass is 9.97. The van der Waals surface area contributed by atoms with Crippen molar-refractivity contribution in [2.45, 2.75) is 50.0 Å². The highest BCUT2D eigenvalue weighted by Gasteiger charge is 2.32. The molecule has 8 heteroatoms. The maximum atomic E-state index is 12.8. The summed E-state index contributed by atoms with van der Waals surface area (Å²) in [5.74, 6) is 0.00354. The van der Waals surface area contributed by atoms with E-state index >= 15 is 0 Å². The molecular weight excluding hydrogens is 410 g/mol. The molecule has 2 aliphatic rings. The van der Waals surface area contributed by atoms with E-state index in [9.17, 15) is 13.2 Å². The summed E-state index contributed by atoms with van der Waals surface area (Å²) in [6.45, 7) is 4.27. The van der Waals surface area contributed by atoms with Crippen molar-refractivity contribution >= 4 is 27.5 Å². The molecule has 1 unspecified atom stereocenters. The maximum Gasteiger partial charge on any atom is 0.244 e. The molecule has 0 spiro atoms. The number of nitrogens with one attached hydrogen (secondary N) is 1. The number of sulfonamides is 1. The van der Waals surface area contributed by atoms with Gasteiger partial charge in [-0.1, -0.05) is 35.4 Å². The first kappa shape index (κ1) is 22.3. The minimum Gasteiger partial charge on any atom is -0.354 e. The molecule has 0 aromatic heterocycles. The van der Waals surface area contributed by atoms with Crippen LogP contribution in [-0.4, -0.2) is 62.3 Å². The van der Waals surface area contributed by atoms with Gasteiger partial charge in [-0.2, -0.15) is 4.31 Å². The molecule has 1 heterocycles. The van der Waals surface area contributed by atoms with E-state index in [1.165, 1.54) is 28.8 Å². The van der Waals surface area contributed by atoms with Crippen LogP contribution in [0.3, 0.4) is 0 Å². The first-order chi connectivity index (χ1) is 13.9. The average Bonchev–Trinajstić information content (AvgIpc) is 2.74. The molecule has 0 saturated carbocycles. The van der Waals surface area contributed by atoms with Gasteiger partial charge in [-0.25, -0.2) is 8.42 Å². The molecule has 1 saturated heterocycles. The lowest BCUT2D eigenvalue weighted by molar-refractivity contribution is -0.126. The van der Waals surface area contributed by atoms with E-state index in [2.05, 4.69) is 11.4 Å². The van der Waals surface area contributed by atoms with Crippen LogP contribution in [0.2, 0.25) is 5.02 Å². The molecule has 1 aromatic rings. The Labute approximate surface area is 178 Å². The molecule has 29 heavy (non-hydrogen) atoms. The quantitative estimate of drug-likeness (QED) is 0.663. The molecule has 1 fully saturated rings. The van der Waals surface area contributed by atoms with Crippen LogP contribution in [0.5, 0.6) is 0 Å². The lowest BCUT2D eigenvalue weighted by Crippen LogP contribution is -2.55. The fourth-order valence-electron chi connectivity index (χ4n) is 3.92. The number of carbonyl (C=O) groups is 1. The summed E-state index contributed by atoms with van der Waals surface area (Å²) < 4.78 is 27.1. The largest absolute Gasteiger partial charge is 0.354 e. The van der Waals surface area contributed by atoms with Crippen molar-refractivity contribution in [3.05, 3.63) is 40.9 Å². The minimum atomic E-state index is -3.62. The third kappa shape index (κ3) is 5.60. The number of nitrogens with zero attached hydrogens (tertiary/aromatic N) is 2. The fourth-order valence-corrected chi connectivity index (χ4v) is 5.83. The van der Waals surface area contributed by atoms with Gasteiger partial charge >= 0.3 is 0 Å². The number of piperazine rings is 1. The predicted molar refractivity (Wildman–Crippen MR) is 115 cm³/mol. The average molecular weight is 440 g/mol. The first-order valence-electron chi connectivity index (χ1n) is 10.3. The summed E-state index contributed by atoms with van der Waals surface area (Å²) in [7, 11) is -3.62. The van der Waals surface area contributed by atoms with E-state index in [1.54, 1.807) is 18.2 Å². The minimum absolute atomic E-state index is 0.00354. The van der Waals surface area contributed by atoms with Crippen molar-refractivity contribution < 1.29 is 13.2 Å². The van der Waals surface area contributed by atoms with Crippen molar-refractivity contribution in [3.63, 3.8) is 0 Å². The normalized spacial score (nSPS) is 20.1. The fraction of sp³-hybridized carbons (Fsp3) is 0.571. The van der Waals surface area contributed by atoms with Crippen molar-refractivity contribution in [1.82, 2.24) is 14.5 Å². The highest BCUT2D eigenvalue weighted by molar-refractivity contribution is 7.89. The number of halogens is 1. The Hall–Kier alpha value is -1.41. The van der Waals surface area contributed by atoms with Crippen molar-refractivity contribution in [2.24, 2.45) is 0 Å². The molecule has 3 rings (SSSR count). The van der Waals surface area contributed by atoms with E-state index < -0.39 is 10.0 Å². The zero-order chi connectivity index (χ0) is 20.9. The van der Waals surface area contributed by atoms with Gasteiger partial charge in [-0.05, 0) is 51.2 Å². The number of hydrogen-bond donors (Lipinski definition) is 1. The van der Waals surface area contributed by atoms with Gasteiger partial charge in [0.25, 0.3) is 0 Å². The Kier molecular flexibility index (Phi) is 7.73. The number of allylic oxidation sites excluding steroid dienone is 1. The van der Waals surface area contributed by atoms with E-state index in [-0.39, 0.29) is 21.9 Å². The van der Waals surface area contributed by atoms with Gasteiger partial charge in [0.2, 0.25) is 15.9 Å².